The van der Waals surface area contributed by atoms with Crippen molar-refractivity contribution in [3.8, 4) is 0 Å². The van der Waals surface area contributed by atoms with E-state index < -0.39 is 12.1 Å². The maximum absolute atomic E-state index is 6.02. The average Bonchev–Trinajstić information content (AvgIpc) is 3.24. The van der Waals surface area contributed by atoms with Gasteiger partial charge >= 0.3 is 0 Å². The number of tetrazole rings is 1. The van der Waals surface area contributed by atoms with Crippen molar-refractivity contribution in [2.45, 2.75) is 57.3 Å². The van der Waals surface area contributed by atoms with Crippen LogP contribution in [0.2, 0.25) is 0 Å². The summed E-state index contributed by atoms with van der Waals surface area (Å²) in [6, 6.07) is 9.96. The van der Waals surface area contributed by atoms with E-state index in [9.17, 15) is 0 Å². The molecule has 0 spiro atoms. The van der Waals surface area contributed by atoms with Gasteiger partial charge in [0, 0.05) is 6.42 Å². The maximum Gasteiger partial charge on any atom is 0.187 e. The number of hydrogen-bond donors (Lipinski definition) is 1. The summed E-state index contributed by atoms with van der Waals surface area (Å²) in [5.41, 5.74) is 1.08. The Kier molecular flexibility index (Phi) is 4.05. The van der Waals surface area contributed by atoms with E-state index in [1.54, 1.807) is 0 Å². The standard InChI is InChI=1S/C16H20N4O4/c1-16(2)23-13-11(8-12-17-19-20-18-12)22-15(14(13)24-16)21-9-10-6-4-3-5-7-10/h3-7,11,13-15H,8-9H2,1-2H3,(H,17,18,19,20)/t11-,13-,14-,15-/m1/s1. The molecule has 2 saturated heterocycles. The Labute approximate surface area is 139 Å². The molecule has 2 aliphatic heterocycles. The maximum atomic E-state index is 6.02. The number of aromatic nitrogens is 4. The summed E-state index contributed by atoms with van der Waals surface area (Å²) in [5.74, 6) is -0.0843. The van der Waals surface area contributed by atoms with E-state index >= 15 is 0 Å². The van der Waals surface area contributed by atoms with Gasteiger partial charge in [-0.2, -0.15) is 5.21 Å². The van der Waals surface area contributed by atoms with Gasteiger partial charge in [-0.05, 0) is 19.4 Å². The topological polar surface area (TPSA) is 91.4 Å². The Morgan fingerprint density at radius 1 is 1.17 bits per heavy atom. The number of benzene rings is 1. The number of rotatable bonds is 5. The SMILES string of the molecule is CC1(C)O[C@H]2[C@H](OCc3ccccc3)O[C@H](Cc3nn[nH]n3)[C@H]2O1. The largest absolute Gasteiger partial charge is 0.345 e. The molecule has 1 N–H and O–H groups in total. The van der Waals surface area contributed by atoms with Gasteiger partial charge in [0.05, 0.1) is 12.7 Å². The number of ether oxygens (including phenoxy) is 4. The Morgan fingerprint density at radius 3 is 2.71 bits per heavy atom. The van der Waals surface area contributed by atoms with E-state index in [1.807, 2.05) is 44.2 Å². The average molecular weight is 332 g/mol. The molecule has 128 valence electrons. The molecule has 8 heteroatoms. The highest BCUT2D eigenvalue weighted by molar-refractivity contribution is 5.13. The van der Waals surface area contributed by atoms with E-state index in [0.29, 0.717) is 18.9 Å². The van der Waals surface area contributed by atoms with Crippen LogP contribution in [-0.2, 0) is 32.0 Å². The molecule has 2 fully saturated rings. The lowest BCUT2D eigenvalue weighted by molar-refractivity contribution is -0.236. The van der Waals surface area contributed by atoms with Crippen LogP contribution in [0.15, 0.2) is 30.3 Å². The Balaban J connectivity index is 1.46. The molecular weight excluding hydrogens is 312 g/mol. The quantitative estimate of drug-likeness (QED) is 0.879. The number of nitrogens with one attached hydrogen (secondary N) is 1. The summed E-state index contributed by atoms with van der Waals surface area (Å²) in [4.78, 5) is 0. The van der Waals surface area contributed by atoms with Gasteiger partial charge in [-0.3, -0.25) is 0 Å². The molecule has 0 aliphatic carbocycles. The fourth-order valence-corrected chi connectivity index (χ4v) is 3.14. The molecule has 2 aromatic rings. The van der Waals surface area contributed by atoms with Gasteiger partial charge < -0.3 is 18.9 Å². The molecule has 2 aliphatic rings. The molecule has 0 amide bonds. The van der Waals surface area contributed by atoms with Crippen molar-refractivity contribution in [3.05, 3.63) is 41.7 Å². The summed E-state index contributed by atoms with van der Waals surface area (Å²) >= 11 is 0. The zero-order chi connectivity index (χ0) is 16.6. The molecule has 1 aromatic carbocycles. The fourth-order valence-electron chi connectivity index (χ4n) is 3.14. The fraction of sp³-hybridized carbons (Fsp3) is 0.562. The van der Waals surface area contributed by atoms with Crippen LogP contribution < -0.4 is 0 Å². The van der Waals surface area contributed by atoms with Gasteiger partial charge in [-0.25, -0.2) is 0 Å². The van der Waals surface area contributed by atoms with Crippen LogP contribution >= 0.6 is 0 Å². The van der Waals surface area contributed by atoms with Crippen molar-refractivity contribution < 1.29 is 18.9 Å². The molecule has 8 nitrogen and oxygen atoms in total. The third-order valence-electron chi connectivity index (χ3n) is 4.14. The van der Waals surface area contributed by atoms with Crippen molar-refractivity contribution in [3.63, 3.8) is 0 Å². The van der Waals surface area contributed by atoms with E-state index in [-0.39, 0.29) is 18.3 Å². The van der Waals surface area contributed by atoms with Crippen LogP contribution in [0.5, 0.6) is 0 Å². The smallest absolute Gasteiger partial charge is 0.187 e. The summed E-state index contributed by atoms with van der Waals surface area (Å²) in [7, 11) is 0. The Bertz CT molecular complexity index is 664. The minimum atomic E-state index is -0.664. The predicted octanol–water partition coefficient (Wildman–Crippen LogP) is 1.20. The van der Waals surface area contributed by atoms with Crippen LogP contribution in [0, 0.1) is 0 Å². The van der Waals surface area contributed by atoms with E-state index in [1.165, 1.54) is 0 Å². The highest BCUT2D eigenvalue weighted by atomic mass is 16.8. The van der Waals surface area contributed by atoms with Gasteiger partial charge in [0.1, 0.15) is 12.2 Å². The van der Waals surface area contributed by atoms with Crippen LogP contribution in [0.4, 0.5) is 0 Å². The molecule has 4 rings (SSSR count). The molecule has 0 unspecified atom stereocenters. The third-order valence-corrected chi connectivity index (χ3v) is 4.14. The lowest BCUT2D eigenvalue weighted by atomic mass is 10.1. The first-order chi connectivity index (χ1) is 11.6. The summed E-state index contributed by atoms with van der Waals surface area (Å²) < 4.78 is 24.0. The van der Waals surface area contributed by atoms with Crippen LogP contribution in [0.1, 0.15) is 25.2 Å². The number of nitrogens with zero attached hydrogens (tertiary/aromatic N) is 3. The molecule has 0 bridgehead atoms. The summed E-state index contributed by atoms with van der Waals surface area (Å²) in [6.07, 6.45) is -0.744. The zero-order valence-electron chi connectivity index (χ0n) is 13.6. The number of aromatic amines is 1. The lowest BCUT2D eigenvalue weighted by Gasteiger charge is -2.23. The Hall–Kier alpha value is -1.87. The van der Waals surface area contributed by atoms with Gasteiger partial charge in [-0.1, -0.05) is 35.5 Å². The summed E-state index contributed by atoms with van der Waals surface area (Å²) in [5, 5.41) is 14.0. The first-order valence-electron chi connectivity index (χ1n) is 8.00. The van der Waals surface area contributed by atoms with Crippen LogP contribution in [-0.4, -0.2) is 51.0 Å². The molecule has 1 aromatic heterocycles. The van der Waals surface area contributed by atoms with Crippen LogP contribution in [0.25, 0.3) is 0 Å². The number of fused-ring (bicyclic) bond motifs is 1. The molecule has 24 heavy (non-hydrogen) atoms. The molecule has 0 radical (unpaired) electrons. The van der Waals surface area contributed by atoms with Gasteiger partial charge in [0.2, 0.25) is 0 Å². The second kappa shape index (κ2) is 6.21. The van der Waals surface area contributed by atoms with Gasteiger partial charge in [0.25, 0.3) is 0 Å². The van der Waals surface area contributed by atoms with Crippen molar-refractivity contribution in [1.82, 2.24) is 20.6 Å². The number of H-pyrrole nitrogens is 1. The third kappa shape index (κ3) is 3.18. The first kappa shape index (κ1) is 15.6. The zero-order valence-corrected chi connectivity index (χ0v) is 13.6. The minimum Gasteiger partial charge on any atom is -0.345 e. The van der Waals surface area contributed by atoms with Crippen molar-refractivity contribution in [2.75, 3.05) is 0 Å². The van der Waals surface area contributed by atoms with Crippen LogP contribution in [0.3, 0.4) is 0 Å². The van der Waals surface area contributed by atoms with Crippen molar-refractivity contribution >= 4 is 0 Å². The highest BCUT2D eigenvalue weighted by Gasteiger charge is 2.55. The minimum absolute atomic E-state index is 0.223. The predicted molar refractivity (Wildman–Crippen MR) is 81.6 cm³/mol. The number of hydrogen-bond acceptors (Lipinski definition) is 7. The molecule has 0 saturated carbocycles. The monoisotopic (exact) mass is 332 g/mol. The van der Waals surface area contributed by atoms with E-state index in [4.69, 9.17) is 18.9 Å². The highest BCUT2D eigenvalue weighted by Crippen LogP contribution is 2.40. The van der Waals surface area contributed by atoms with Gasteiger partial charge in [0.15, 0.2) is 17.9 Å². The normalized spacial score (nSPS) is 31.2. The second-order valence-electron chi connectivity index (χ2n) is 6.44. The van der Waals surface area contributed by atoms with Crippen molar-refractivity contribution in [1.29, 1.82) is 0 Å². The first-order valence-corrected chi connectivity index (χ1v) is 8.00. The van der Waals surface area contributed by atoms with E-state index in [2.05, 4.69) is 20.6 Å². The van der Waals surface area contributed by atoms with E-state index in [0.717, 1.165) is 5.56 Å². The molecular formula is C16H20N4O4. The Morgan fingerprint density at radius 2 is 1.96 bits per heavy atom. The molecule has 4 atom stereocenters. The lowest BCUT2D eigenvalue weighted by Crippen LogP contribution is -2.31. The van der Waals surface area contributed by atoms with Gasteiger partial charge in [-0.15, -0.1) is 10.2 Å². The van der Waals surface area contributed by atoms with Crippen molar-refractivity contribution in [2.24, 2.45) is 0 Å². The summed E-state index contributed by atoms with van der Waals surface area (Å²) in [6.45, 7) is 4.24. The molecule has 3 heterocycles. The second-order valence-corrected chi connectivity index (χ2v) is 6.44.